The molecule has 1 saturated heterocycles. The van der Waals surface area contributed by atoms with E-state index in [-0.39, 0.29) is 11.8 Å². The van der Waals surface area contributed by atoms with Gasteiger partial charge in [0.2, 0.25) is 5.91 Å². The average molecular weight is 456 g/mol. The molecule has 1 aliphatic rings. The van der Waals surface area contributed by atoms with E-state index in [0.29, 0.717) is 31.0 Å². The number of benzene rings is 3. The molecule has 34 heavy (non-hydrogen) atoms. The summed E-state index contributed by atoms with van der Waals surface area (Å²) in [4.78, 5) is 19.9. The van der Waals surface area contributed by atoms with Gasteiger partial charge in [-0.3, -0.25) is 4.79 Å². The van der Waals surface area contributed by atoms with E-state index >= 15 is 0 Å². The lowest BCUT2D eigenvalue weighted by molar-refractivity contribution is -0.127. The van der Waals surface area contributed by atoms with Crippen LogP contribution in [0.3, 0.4) is 0 Å². The van der Waals surface area contributed by atoms with E-state index in [1.165, 1.54) is 5.56 Å². The summed E-state index contributed by atoms with van der Waals surface area (Å²) in [6, 6.07) is 24.6. The summed E-state index contributed by atoms with van der Waals surface area (Å²) in [6.07, 6.45) is 1.25. The molecule has 3 aromatic carbocycles. The van der Waals surface area contributed by atoms with Crippen LogP contribution in [0.25, 0.3) is 11.0 Å². The summed E-state index contributed by atoms with van der Waals surface area (Å²) in [5, 5.41) is 0. The van der Waals surface area contributed by atoms with Gasteiger partial charge >= 0.3 is 0 Å². The Morgan fingerprint density at radius 1 is 0.912 bits per heavy atom. The first-order valence-electron chi connectivity index (χ1n) is 11.6. The number of aromatic nitrogens is 2. The van der Waals surface area contributed by atoms with Crippen molar-refractivity contribution < 1.29 is 14.3 Å². The molecule has 174 valence electrons. The lowest BCUT2D eigenvalue weighted by Crippen LogP contribution is -2.27. The van der Waals surface area contributed by atoms with Crippen molar-refractivity contribution in [3.05, 3.63) is 89.7 Å². The maximum atomic E-state index is 12.9. The Morgan fingerprint density at radius 2 is 1.68 bits per heavy atom. The number of ether oxygens (including phenoxy) is 2. The molecule has 0 saturated carbocycles. The highest BCUT2D eigenvalue weighted by atomic mass is 16.5. The van der Waals surface area contributed by atoms with Crippen LogP contribution in [-0.4, -0.2) is 47.7 Å². The Morgan fingerprint density at radius 3 is 2.47 bits per heavy atom. The SMILES string of the molecule is COc1ccc(CCN2C[C@@H](c3nc4ccccc4n3Cc3ccccc3)CC2=O)cc1OC. The fourth-order valence-corrected chi connectivity index (χ4v) is 4.80. The largest absolute Gasteiger partial charge is 0.493 e. The number of nitrogens with zero attached hydrogens (tertiary/aromatic N) is 3. The Labute approximate surface area is 199 Å². The number of hydrogen-bond acceptors (Lipinski definition) is 4. The molecule has 4 aromatic rings. The third kappa shape index (κ3) is 4.36. The summed E-state index contributed by atoms with van der Waals surface area (Å²) in [6.45, 7) is 2.10. The highest BCUT2D eigenvalue weighted by Crippen LogP contribution is 2.32. The first-order chi connectivity index (χ1) is 16.7. The van der Waals surface area contributed by atoms with Crippen LogP contribution in [0.15, 0.2) is 72.8 Å². The van der Waals surface area contributed by atoms with E-state index in [9.17, 15) is 4.79 Å². The molecule has 1 aliphatic heterocycles. The summed E-state index contributed by atoms with van der Waals surface area (Å²) in [5.74, 6) is 2.67. The Bertz CT molecular complexity index is 1300. The highest BCUT2D eigenvalue weighted by Gasteiger charge is 2.33. The van der Waals surface area contributed by atoms with Gasteiger partial charge in [0.1, 0.15) is 5.82 Å². The van der Waals surface area contributed by atoms with Crippen LogP contribution in [0.5, 0.6) is 11.5 Å². The van der Waals surface area contributed by atoms with Gasteiger partial charge < -0.3 is 18.9 Å². The van der Waals surface area contributed by atoms with Gasteiger partial charge in [0, 0.05) is 32.0 Å². The number of imidazole rings is 1. The van der Waals surface area contributed by atoms with Gasteiger partial charge in [-0.15, -0.1) is 0 Å². The Hall–Kier alpha value is -3.80. The first-order valence-corrected chi connectivity index (χ1v) is 11.6. The molecule has 5 rings (SSSR count). The zero-order chi connectivity index (χ0) is 23.5. The van der Waals surface area contributed by atoms with Gasteiger partial charge in [-0.2, -0.15) is 0 Å². The van der Waals surface area contributed by atoms with Crippen LogP contribution in [0.2, 0.25) is 0 Å². The second-order valence-electron chi connectivity index (χ2n) is 8.71. The predicted molar refractivity (Wildman–Crippen MR) is 132 cm³/mol. The number of hydrogen-bond donors (Lipinski definition) is 0. The van der Waals surface area contributed by atoms with E-state index in [4.69, 9.17) is 14.5 Å². The van der Waals surface area contributed by atoms with Gasteiger partial charge in [0.15, 0.2) is 11.5 Å². The molecule has 1 atom stereocenters. The molecule has 0 unspecified atom stereocenters. The molecule has 0 N–H and O–H groups in total. The number of para-hydroxylation sites is 2. The minimum absolute atomic E-state index is 0.0778. The monoisotopic (exact) mass is 455 g/mol. The second-order valence-corrected chi connectivity index (χ2v) is 8.71. The van der Waals surface area contributed by atoms with Crippen molar-refractivity contribution in [2.24, 2.45) is 0 Å². The normalized spacial score (nSPS) is 15.8. The minimum Gasteiger partial charge on any atom is -0.493 e. The molecule has 1 fully saturated rings. The number of fused-ring (bicyclic) bond motifs is 1. The van der Waals surface area contributed by atoms with Crippen molar-refractivity contribution >= 4 is 16.9 Å². The number of rotatable bonds is 8. The van der Waals surface area contributed by atoms with Gasteiger partial charge in [-0.1, -0.05) is 48.5 Å². The van der Waals surface area contributed by atoms with Crippen molar-refractivity contribution in [1.82, 2.24) is 14.5 Å². The highest BCUT2D eigenvalue weighted by molar-refractivity contribution is 5.81. The summed E-state index contributed by atoms with van der Waals surface area (Å²) in [5.41, 5.74) is 4.42. The quantitative estimate of drug-likeness (QED) is 0.388. The van der Waals surface area contributed by atoms with Crippen molar-refractivity contribution in [3.8, 4) is 11.5 Å². The summed E-state index contributed by atoms with van der Waals surface area (Å²) in [7, 11) is 3.27. The molecule has 6 heteroatoms. The molecule has 0 radical (unpaired) electrons. The van der Waals surface area contributed by atoms with E-state index in [1.807, 2.05) is 47.4 Å². The molecular formula is C28H29N3O3. The van der Waals surface area contributed by atoms with Gasteiger partial charge in [0.05, 0.1) is 25.3 Å². The number of likely N-dealkylation sites (tertiary alicyclic amines) is 1. The van der Waals surface area contributed by atoms with E-state index in [1.54, 1.807) is 14.2 Å². The van der Waals surface area contributed by atoms with Crippen LogP contribution < -0.4 is 9.47 Å². The molecule has 6 nitrogen and oxygen atoms in total. The maximum absolute atomic E-state index is 12.9. The fraction of sp³-hybridized carbons (Fsp3) is 0.286. The standard InChI is InChI=1S/C28H29N3O3/c1-33-25-13-12-20(16-26(25)34-2)14-15-30-19-22(17-27(30)32)28-29-23-10-6-7-11-24(23)31(28)18-21-8-4-3-5-9-21/h3-13,16,22H,14-15,17-19H2,1-2H3/t22-/m0/s1. The van der Waals surface area contributed by atoms with E-state index in [0.717, 1.165) is 35.4 Å². The third-order valence-electron chi connectivity index (χ3n) is 6.57. The maximum Gasteiger partial charge on any atom is 0.223 e. The zero-order valence-corrected chi connectivity index (χ0v) is 19.6. The molecule has 0 bridgehead atoms. The molecular weight excluding hydrogens is 426 g/mol. The number of amides is 1. The second kappa shape index (κ2) is 9.59. The Balaban J connectivity index is 1.35. The van der Waals surface area contributed by atoms with Crippen molar-refractivity contribution in [2.45, 2.75) is 25.3 Å². The van der Waals surface area contributed by atoms with Gasteiger partial charge in [-0.05, 0) is 41.8 Å². The molecule has 2 heterocycles. The molecule has 1 aromatic heterocycles. The van der Waals surface area contributed by atoms with Crippen LogP contribution in [0.4, 0.5) is 0 Å². The fourth-order valence-electron chi connectivity index (χ4n) is 4.80. The van der Waals surface area contributed by atoms with Crippen LogP contribution >= 0.6 is 0 Å². The van der Waals surface area contributed by atoms with Crippen LogP contribution in [0, 0.1) is 0 Å². The van der Waals surface area contributed by atoms with Crippen molar-refractivity contribution in [3.63, 3.8) is 0 Å². The molecule has 0 aliphatic carbocycles. The topological polar surface area (TPSA) is 56.6 Å². The zero-order valence-electron chi connectivity index (χ0n) is 19.6. The lowest BCUT2D eigenvalue weighted by Gasteiger charge is -2.18. The number of methoxy groups -OCH3 is 2. The minimum atomic E-state index is 0.0778. The van der Waals surface area contributed by atoms with Crippen molar-refractivity contribution in [1.29, 1.82) is 0 Å². The summed E-state index contributed by atoms with van der Waals surface area (Å²) < 4.78 is 13.0. The van der Waals surface area contributed by atoms with Gasteiger partial charge in [0.25, 0.3) is 0 Å². The smallest absolute Gasteiger partial charge is 0.223 e. The third-order valence-corrected chi connectivity index (χ3v) is 6.57. The van der Waals surface area contributed by atoms with E-state index in [2.05, 4.69) is 34.9 Å². The average Bonchev–Trinajstić information content (AvgIpc) is 3.43. The molecule has 0 spiro atoms. The molecule has 1 amide bonds. The lowest BCUT2D eigenvalue weighted by atomic mass is 10.1. The predicted octanol–water partition coefficient (Wildman–Crippen LogP) is 4.66. The summed E-state index contributed by atoms with van der Waals surface area (Å²) >= 11 is 0. The first kappa shape index (κ1) is 22.0. The van der Waals surface area contributed by atoms with Gasteiger partial charge in [-0.25, -0.2) is 4.98 Å². The van der Waals surface area contributed by atoms with E-state index < -0.39 is 0 Å². The number of carbonyl (C=O) groups is 1. The van der Waals surface area contributed by atoms with Crippen molar-refractivity contribution in [2.75, 3.05) is 27.3 Å². The number of carbonyl (C=O) groups excluding carboxylic acids is 1. The van der Waals surface area contributed by atoms with Crippen LogP contribution in [0.1, 0.15) is 29.3 Å². The van der Waals surface area contributed by atoms with Crippen LogP contribution in [-0.2, 0) is 17.8 Å². The Kier molecular flexibility index (Phi) is 6.21.